The highest BCUT2D eigenvalue weighted by Crippen LogP contribution is 2.41. The topological polar surface area (TPSA) is 163 Å². The van der Waals surface area contributed by atoms with Gasteiger partial charge in [0.15, 0.2) is 5.75 Å². The van der Waals surface area contributed by atoms with Crippen molar-refractivity contribution >= 4 is 42.4 Å². The van der Waals surface area contributed by atoms with Gasteiger partial charge < -0.3 is 9.84 Å². The second kappa shape index (κ2) is 7.99. The Balaban J connectivity index is 2.16. The summed E-state index contributed by atoms with van der Waals surface area (Å²) in [5.74, 6) is -0.0463. The van der Waals surface area contributed by atoms with Crippen LogP contribution in [0.15, 0.2) is 68.6 Å². The number of benzene rings is 3. The third-order valence-electron chi connectivity index (χ3n) is 4.01. The Morgan fingerprint density at radius 3 is 2.13 bits per heavy atom. The van der Waals surface area contributed by atoms with Crippen LogP contribution in [0.1, 0.15) is 6.92 Å². The first-order chi connectivity index (χ1) is 14.0. The number of hydrogen-bond donors (Lipinski definition) is 3. The van der Waals surface area contributed by atoms with E-state index in [-0.39, 0.29) is 10.8 Å². The van der Waals surface area contributed by atoms with E-state index < -0.39 is 41.5 Å². The quantitative estimate of drug-likeness (QED) is 0.375. The number of hydrogen-bond acceptors (Lipinski definition) is 8. The van der Waals surface area contributed by atoms with Gasteiger partial charge in [-0.3, -0.25) is 9.11 Å². The maximum Gasteiger partial charge on any atom is 0.296 e. The zero-order valence-electron chi connectivity index (χ0n) is 15.4. The molecule has 0 heterocycles. The van der Waals surface area contributed by atoms with Crippen LogP contribution in [0.4, 0.5) is 11.4 Å². The fraction of sp³-hybridized carbons (Fsp3) is 0.111. The van der Waals surface area contributed by atoms with Gasteiger partial charge in [-0.25, -0.2) is 0 Å². The van der Waals surface area contributed by atoms with E-state index in [0.717, 1.165) is 24.3 Å². The average Bonchev–Trinajstić information content (AvgIpc) is 2.66. The van der Waals surface area contributed by atoms with Crippen molar-refractivity contribution in [3.05, 3.63) is 48.5 Å². The van der Waals surface area contributed by atoms with Gasteiger partial charge in [0.1, 0.15) is 16.3 Å². The third kappa shape index (κ3) is 4.57. The lowest BCUT2D eigenvalue weighted by molar-refractivity contribution is 0.340. The maximum atomic E-state index is 11.8. The number of nitrogens with zero attached hydrogens (tertiary/aromatic N) is 2. The van der Waals surface area contributed by atoms with E-state index in [4.69, 9.17) is 9.29 Å². The lowest BCUT2D eigenvalue weighted by Gasteiger charge is -2.09. The number of rotatable bonds is 6. The van der Waals surface area contributed by atoms with Gasteiger partial charge in [0.05, 0.1) is 17.2 Å². The molecule has 0 saturated heterocycles. The van der Waals surface area contributed by atoms with Gasteiger partial charge in [-0.15, -0.1) is 5.11 Å². The smallest absolute Gasteiger partial charge is 0.296 e. The first-order valence-corrected chi connectivity index (χ1v) is 11.3. The number of fused-ring (bicyclic) bond motifs is 1. The third-order valence-corrected chi connectivity index (χ3v) is 5.73. The predicted octanol–water partition coefficient (Wildman–Crippen LogP) is 3.85. The minimum absolute atomic E-state index is 0.0374. The van der Waals surface area contributed by atoms with Crippen molar-refractivity contribution in [1.29, 1.82) is 0 Å². The molecular formula is C18H16N2O8S2. The molecule has 0 aromatic heterocycles. The molecule has 0 atom stereocenters. The number of aromatic hydroxyl groups is 1. The molecule has 3 aromatic rings. The Kier molecular flexibility index (Phi) is 5.76. The van der Waals surface area contributed by atoms with Gasteiger partial charge in [0, 0.05) is 5.39 Å². The van der Waals surface area contributed by atoms with Crippen molar-refractivity contribution in [2.24, 2.45) is 10.2 Å². The molecule has 158 valence electrons. The van der Waals surface area contributed by atoms with Crippen molar-refractivity contribution in [3.8, 4) is 11.5 Å². The molecule has 0 bridgehead atoms. The molecule has 12 heteroatoms. The summed E-state index contributed by atoms with van der Waals surface area (Å²) < 4.78 is 70.3. The van der Waals surface area contributed by atoms with Crippen LogP contribution in [0.25, 0.3) is 10.8 Å². The second-order valence-electron chi connectivity index (χ2n) is 6.03. The largest absolute Gasteiger partial charge is 0.505 e. The van der Waals surface area contributed by atoms with Gasteiger partial charge in [-0.2, -0.15) is 21.9 Å². The molecule has 0 radical (unpaired) electrons. The normalized spacial score (nSPS) is 12.5. The SMILES string of the molecule is CCOc1ccc(N=Nc2c(S(=O)(=O)O)cc3cc(S(=O)(=O)O)ccc3c2O)cc1. The van der Waals surface area contributed by atoms with E-state index in [1.54, 1.807) is 24.3 Å². The highest BCUT2D eigenvalue weighted by Gasteiger charge is 2.23. The van der Waals surface area contributed by atoms with E-state index in [1.807, 2.05) is 6.92 Å². The maximum absolute atomic E-state index is 11.8. The van der Waals surface area contributed by atoms with Crippen molar-refractivity contribution < 1.29 is 35.8 Å². The van der Waals surface area contributed by atoms with Gasteiger partial charge in [-0.1, -0.05) is 0 Å². The minimum Gasteiger partial charge on any atom is -0.505 e. The van der Waals surface area contributed by atoms with Crippen LogP contribution in [0.3, 0.4) is 0 Å². The van der Waals surface area contributed by atoms with Crippen LogP contribution in [0.5, 0.6) is 11.5 Å². The van der Waals surface area contributed by atoms with E-state index in [0.29, 0.717) is 18.0 Å². The zero-order valence-corrected chi connectivity index (χ0v) is 17.1. The first-order valence-electron chi connectivity index (χ1n) is 8.40. The van der Waals surface area contributed by atoms with Crippen LogP contribution < -0.4 is 4.74 Å². The summed E-state index contributed by atoms with van der Waals surface area (Å²) >= 11 is 0. The summed E-state index contributed by atoms with van der Waals surface area (Å²) in [5, 5.41) is 18.1. The molecule has 0 unspecified atom stereocenters. The van der Waals surface area contributed by atoms with E-state index >= 15 is 0 Å². The molecule has 0 fully saturated rings. The van der Waals surface area contributed by atoms with Crippen molar-refractivity contribution in [2.45, 2.75) is 16.7 Å². The second-order valence-corrected chi connectivity index (χ2v) is 8.84. The van der Waals surface area contributed by atoms with Gasteiger partial charge in [-0.05, 0) is 60.8 Å². The predicted molar refractivity (Wildman–Crippen MR) is 107 cm³/mol. The van der Waals surface area contributed by atoms with Crippen LogP contribution in [-0.2, 0) is 20.2 Å². The van der Waals surface area contributed by atoms with E-state index in [9.17, 15) is 26.5 Å². The lowest BCUT2D eigenvalue weighted by Crippen LogP contribution is -2.00. The number of azo groups is 1. The molecule has 0 saturated carbocycles. The van der Waals surface area contributed by atoms with Gasteiger partial charge in [0.2, 0.25) is 0 Å². The van der Waals surface area contributed by atoms with Crippen LogP contribution in [0, 0.1) is 0 Å². The highest BCUT2D eigenvalue weighted by molar-refractivity contribution is 7.86. The minimum atomic E-state index is -4.86. The number of phenols is 1. The molecule has 0 aliphatic heterocycles. The Morgan fingerprint density at radius 2 is 1.57 bits per heavy atom. The summed E-state index contributed by atoms with van der Waals surface area (Å²) in [6, 6.07) is 10.4. The fourth-order valence-corrected chi connectivity index (χ4v) is 3.84. The Bertz CT molecular complexity index is 1350. The summed E-state index contributed by atoms with van der Waals surface area (Å²) in [6.07, 6.45) is 0. The van der Waals surface area contributed by atoms with Gasteiger partial charge >= 0.3 is 0 Å². The summed E-state index contributed by atoms with van der Waals surface area (Å²) in [7, 11) is -9.43. The summed E-state index contributed by atoms with van der Waals surface area (Å²) in [5.41, 5.74) is -0.209. The molecule has 0 aliphatic carbocycles. The Labute approximate surface area is 172 Å². The molecule has 30 heavy (non-hydrogen) atoms. The Hall–Kier alpha value is -3.06. The molecule has 3 aromatic carbocycles. The fourth-order valence-electron chi connectivity index (χ4n) is 2.67. The Morgan fingerprint density at radius 1 is 0.900 bits per heavy atom. The standard InChI is InChI=1S/C18H16N2O8S2/c1-2-28-13-5-3-12(4-6-13)19-20-17-16(30(25,26)27)10-11-9-14(29(22,23)24)7-8-15(11)18(17)21/h3-10,21H,2H2,1H3,(H,22,23,24)(H,25,26,27). The zero-order chi connectivity index (χ0) is 22.1. The van der Waals surface area contributed by atoms with E-state index in [2.05, 4.69) is 10.2 Å². The van der Waals surface area contributed by atoms with Crippen molar-refractivity contribution in [1.82, 2.24) is 0 Å². The molecule has 3 rings (SSSR count). The van der Waals surface area contributed by atoms with Crippen molar-refractivity contribution in [2.75, 3.05) is 6.61 Å². The van der Waals surface area contributed by atoms with Crippen molar-refractivity contribution in [3.63, 3.8) is 0 Å². The summed E-state index contributed by atoms with van der Waals surface area (Å²) in [4.78, 5) is -1.30. The molecular weight excluding hydrogens is 436 g/mol. The van der Waals surface area contributed by atoms with E-state index in [1.165, 1.54) is 0 Å². The molecule has 10 nitrogen and oxygen atoms in total. The molecule has 0 spiro atoms. The van der Waals surface area contributed by atoms with Crippen LogP contribution >= 0.6 is 0 Å². The number of phenolic OH excluding ortho intramolecular Hbond substituents is 1. The molecule has 0 aliphatic rings. The van der Waals surface area contributed by atoms with Crippen LogP contribution in [-0.4, -0.2) is 37.7 Å². The molecule has 3 N–H and O–H groups in total. The average molecular weight is 452 g/mol. The first kappa shape index (κ1) is 21.6. The highest BCUT2D eigenvalue weighted by atomic mass is 32.2. The number of ether oxygens (including phenoxy) is 1. The monoisotopic (exact) mass is 452 g/mol. The van der Waals surface area contributed by atoms with Gasteiger partial charge in [0.25, 0.3) is 20.2 Å². The lowest BCUT2D eigenvalue weighted by atomic mass is 10.1. The summed E-state index contributed by atoms with van der Waals surface area (Å²) in [6.45, 7) is 2.30. The molecule has 0 amide bonds. The van der Waals surface area contributed by atoms with Crippen LogP contribution in [0.2, 0.25) is 0 Å².